The van der Waals surface area contributed by atoms with Crippen LogP contribution in [0.15, 0.2) is 24.3 Å². The number of rotatable bonds is 3. The highest BCUT2D eigenvalue weighted by atomic mass is 35.5. The van der Waals surface area contributed by atoms with E-state index in [-0.39, 0.29) is 23.5 Å². The molecule has 18 heavy (non-hydrogen) atoms. The highest BCUT2D eigenvalue weighted by molar-refractivity contribution is 6.30. The molecule has 0 bridgehead atoms. The van der Waals surface area contributed by atoms with Crippen LogP contribution in [0.5, 0.6) is 0 Å². The van der Waals surface area contributed by atoms with Gasteiger partial charge in [-0.05, 0) is 24.1 Å². The standard InChI is InChI=1S/C14H18ClNO2/c1-14(2)11(8-12(14)17)16-13(18)7-9-3-5-10(15)6-4-9/h3-6,11-12,17H,7-8H2,1-2H3,(H,16,18). The van der Waals surface area contributed by atoms with Gasteiger partial charge in [-0.15, -0.1) is 0 Å². The fraction of sp³-hybridized carbons (Fsp3) is 0.500. The molecular weight excluding hydrogens is 250 g/mol. The van der Waals surface area contributed by atoms with E-state index in [0.29, 0.717) is 17.9 Å². The van der Waals surface area contributed by atoms with Crippen molar-refractivity contribution in [2.45, 2.75) is 38.8 Å². The molecule has 4 heteroatoms. The van der Waals surface area contributed by atoms with Crippen LogP contribution in [-0.4, -0.2) is 23.2 Å². The smallest absolute Gasteiger partial charge is 0.224 e. The molecule has 1 aromatic carbocycles. The van der Waals surface area contributed by atoms with Crippen molar-refractivity contribution in [1.29, 1.82) is 0 Å². The van der Waals surface area contributed by atoms with Gasteiger partial charge >= 0.3 is 0 Å². The normalized spacial score (nSPS) is 25.3. The SMILES string of the molecule is CC1(C)C(O)CC1NC(=O)Cc1ccc(Cl)cc1. The molecule has 1 amide bonds. The Morgan fingerprint density at radius 1 is 1.44 bits per heavy atom. The Morgan fingerprint density at radius 3 is 2.56 bits per heavy atom. The van der Waals surface area contributed by atoms with Gasteiger partial charge in [-0.1, -0.05) is 37.6 Å². The van der Waals surface area contributed by atoms with Crippen molar-refractivity contribution in [3.8, 4) is 0 Å². The van der Waals surface area contributed by atoms with Crippen LogP contribution in [0.2, 0.25) is 5.02 Å². The molecule has 1 fully saturated rings. The zero-order chi connectivity index (χ0) is 13.3. The maximum Gasteiger partial charge on any atom is 0.224 e. The van der Waals surface area contributed by atoms with Crippen LogP contribution in [-0.2, 0) is 11.2 Å². The Hall–Kier alpha value is -1.06. The predicted molar refractivity (Wildman–Crippen MR) is 71.5 cm³/mol. The first kappa shape index (κ1) is 13.4. The third-order valence-corrected chi connectivity index (χ3v) is 4.08. The molecular formula is C14H18ClNO2. The number of hydrogen-bond acceptors (Lipinski definition) is 2. The van der Waals surface area contributed by atoms with Crippen LogP contribution >= 0.6 is 11.6 Å². The van der Waals surface area contributed by atoms with Crippen molar-refractivity contribution in [3.63, 3.8) is 0 Å². The largest absolute Gasteiger partial charge is 0.392 e. The van der Waals surface area contributed by atoms with E-state index in [2.05, 4.69) is 5.32 Å². The van der Waals surface area contributed by atoms with E-state index in [4.69, 9.17) is 11.6 Å². The van der Waals surface area contributed by atoms with Crippen molar-refractivity contribution >= 4 is 17.5 Å². The number of halogens is 1. The molecule has 1 aliphatic rings. The minimum absolute atomic E-state index is 0.0118. The maximum absolute atomic E-state index is 11.9. The molecule has 0 spiro atoms. The average molecular weight is 268 g/mol. The summed E-state index contributed by atoms with van der Waals surface area (Å²) >= 11 is 5.79. The summed E-state index contributed by atoms with van der Waals surface area (Å²) in [4.78, 5) is 11.9. The number of carbonyl (C=O) groups is 1. The van der Waals surface area contributed by atoms with Crippen molar-refractivity contribution in [3.05, 3.63) is 34.9 Å². The Bertz CT molecular complexity index is 442. The van der Waals surface area contributed by atoms with Crippen LogP contribution in [0.4, 0.5) is 0 Å². The first-order chi connectivity index (χ1) is 8.39. The molecule has 0 radical (unpaired) electrons. The van der Waals surface area contributed by atoms with Gasteiger partial charge in [0.15, 0.2) is 0 Å². The van der Waals surface area contributed by atoms with Gasteiger partial charge in [0.05, 0.1) is 12.5 Å². The molecule has 98 valence electrons. The van der Waals surface area contributed by atoms with Crippen LogP contribution in [0.1, 0.15) is 25.8 Å². The van der Waals surface area contributed by atoms with Gasteiger partial charge in [0, 0.05) is 16.5 Å². The molecule has 0 heterocycles. The fourth-order valence-electron chi connectivity index (χ4n) is 2.18. The zero-order valence-corrected chi connectivity index (χ0v) is 11.4. The number of nitrogens with one attached hydrogen (secondary N) is 1. The summed E-state index contributed by atoms with van der Waals surface area (Å²) in [6.07, 6.45) is 0.664. The number of amides is 1. The Kier molecular flexibility index (Phi) is 3.64. The van der Waals surface area contributed by atoms with Crippen LogP contribution in [0.3, 0.4) is 0 Å². The molecule has 0 aliphatic heterocycles. The molecule has 0 saturated heterocycles. The van der Waals surface area contributed by atoms with E-state index in [1.165, 1.54) is 0 Å². The topological polar surface area (TPSA) is 49.3 Å². The minimum Gasteiger partial charge on any atom is -0.392 e. The number of hydrogen-bond donors (Lipinski definition) is 2. The van der Waals surface area contributed by atoms with E-state index >= 15 is 0 Å². The highest BCUT2D eigenvalue weighted by Crippen LogP contribution is 2.40. The van der Waals surface area contributed by atoms with Crippen LogP contribution < -0.4 is 5.32 Å². The summed E-state index contributed by atoms with van der Waals surface area (Å²) in [5.74, 6) is -0.0118. The minimum atomic E-state index is -0.321. The van der Waals surface area contributed by atoms with Crippen LogP contribution in [0.25, 0.3) is 0 Å². The van der Waals surface area contributed by atoms with Crippen molar-refractivity contribution in [2.24, 2.45) is 5.41 Å². The summed E-state index contributed by atoms with van der Waals surface area (Å²) in [5.41, 5.74) is 0.713. The summed E-state index contributed by atoms with van der Waals surface area (Å²) in [5, 5.41) is 13.3. The van der Waals surface area contributed by atoms with E-state index < -0.39 is 0 Å². The van der Waals surface area contributed by atoms with Gasteiger partial charge in [-0.25, -0.2) is 0 Å². The van der Waals surface area contributed by atoms with Crippen molar-refractivity contribution < 1.29 is 9.90 Å². The van der Waals surface area contributed by atoms with Gasteiger partial charge in [0.2, 0.25) is 5.91 Å². The number of benzene rings is 1. The lowest BCUT2D eigenvalue weighted by Gasteiger charge is -2.49. The number of aliphatic hydroxyl groups excluding tert-OH is 1. The monoisotopic (exact) mass is 267 g/mol. The van der Waals surface area contributed by atoms with E-state index in [9.17, 15) is 9.90 Å². The Morgan fingerprint density at radius 2 is 2.06 bits per heavy atom. The summed E-state index contributed by atoms with van der Waals surface area (Å²) in [7, 11) is 0. The summed E-state index contributed by atoms with van der Waals surface area (Å²) in [6.45, 7) is 3.93. The molecule has 2 rings (SSSR count). The van der Waals surface area contributed by atoms with Gasteiger partial charge in [-0.3, -0.25) is 4.79 Å². The first-order valence-corrected chi connectivity index (χ1v) is 6.49. The molecule has 1 saturated carbocycles. The zero-order valence-electron chi connectivity index (χ0n) is 10.6. The molecule has 1 aliphatic carbocycles. The average Bonchev–Trinajstić information content (AvgIpc) is 2.32. The van der Waals surface area contributed by atoms with Crippen LogP contribution in [0, 0.1) is 5.41 Å². The number of carbonyl (C=O) groups excluding carboxylic acids is 1. The lowest BCUT2D eigenvalue weighted by Crippen LogP contribution is -2.61. The lowest BCUT2D eigenvalue weighted by molar-refractivity contribution is -0.128. The van der Waals surface area contributed by atoms with Gasteiger partial charge in [0.25, 0.3) is 0 Å². The molecule has 0 aromatic heterocycles. The second-order valence-electron chi connectivity index (χ2n) is 5.50. The molecule has 2 N–H and O–H groups in total. The second kappa shape index (κ2) is 4.90. The molecule has 3 nitrogen and oxygen atoms in total. The third kappa shape index (κ3) is 2.68. The Labute approximate surface area is 112 Å². The molecule has 2 unspecified atom stereocenters. The van der Waals surface area contributed by atoms with Gasteiger partial charge in [-0.2, -0.15) is 0 Å². The number of aliphatic hydroxyl groups is 1. The first-order valence-electron chi connectivity index (χ1n) is 6.11. The second-order valence-corrected chi connectivity index (χ2v) is 5.93. The quantitative estimate of drug-likeness (QED) is 0.882. The van der Waals surface area contributed by atoms with Crippen molar-refractivity contribution in [1.82, 2.24) is 5.32 Å². The van der Waals surface area contributed by atoms with E-state index in [0.717, 1.165) is 5.56 Å². The van der Waals surface area contributed by atoms with E-state index in [1.807, 2.05) is 26.0 Å². The molecule has 2 atom stereocenters. The predicted octanol–water partition coefficient (Wildman–Crippen LogP) is 2.16. The lowest BCUT2D eigenvalue weighted by atomic mass is 9.64. The Balaban J connectivity index is 1.88. The highest BCUT2D eigenvalue weighted by Gasteiger charge is 2.47. The van der Waals surface area contributed by atoms with Gasteiger partial charge < -0.3 is 10.4 Å². The van der Waals surface area contributed by atoms with E-state index in [1.54, 1.807) is 12.1 Å². The van der Waals surface area contributed by atoms with Gasteiger partial charge in [0.1, 0.15) is 0 Å². The molecule has 1 aromatic rings. The summed E-state index contributed by atoms with van der Waals surface area (Å²) in [6, 6.07) is 7.32. The third-order valence-electron chi connectivity index (χ3n) is 3.83. The summed E-state index contributed by atoms with van der Waals surface area (Å²) < 4.78 is 0. The maximum atomic E-state index is 11.9. The fourth-order valence-corrected chi connectivity index (χ4v) is 2.31. The van der Waals surface area contributed by atoms with Crippen molar-refractivity contribution in [2.75, 3.05) is 0 Å².